The van der Waals surface area contributed by atoms with E-state index in [0.29, 0.717) is 0 Å². The Labute approximate surface area is 80.2 Å². The van der Waals surface area contributed by atoms with Crippen LogP contribution in [0.3, 0.4) is 0 Å². The molecule has 0 radical (unpaired) electrons. The van der Waals surface area contributed by atoms with E-state index in [-0.39, 0.29) is 6.61 Å². The molecule has 0 spiro atoms. The third kappa shape index (κ3) is 2.34. The Balaban J connectivity index is 2.78. The van der Waals surface area contributed by atoms with Crippen molar-refractivity contribution < 1.29 is 5.11 Å². The molecule has 13 heavy (non-hydrogen) atoms. The average Bonchev–Trinajstić information content (AvgIpc) is 2.56. The number of hydrogen-bond donors (Lipinski definition) is 1. The highest BCUT2D eigenvalue weighted by Gasteiger charge is 2.04. The molecule has 0 aliphatic rings. The minimum absolute atomic E-state index is 0.156. The van der Waals surface area contributed by atoms with Crippen molar-refractivity contribution >= 4 is 0 Å². The second kappa shape index (κ2) is 5.07. The second-order valence-electron chi connectivity index (χ2n) is 3.33. The third-order valence-electron chi connectivity index (χ3n) is 2.42. The average molecular weight is 181 g/mol. The summed E-state index contributed by atoms with van der Waals surface area (Å²) in [5.41, 5.74) is 2.38. The molecule has 0 saturated heterocycles. The minimum Gasteiger partial charge on any atom is -0.390 e. The quantitative estimate of drug-likeness (QED) is 0.741. The summed E-state index contributed by atoms with van der Waals surface area (Å²) in [6, 6.07) is 4.13. The van der Waals surface area contributed by atoms with Gasteiger partial charge in [0, 0.05) is 17.9 Å². The fraction of sp³-hybridized carbons (Fsp3) is 0.636. The van der Waals surface area contributed by atoms with Crippen LogP contribution in [0.4, 0.5) is 0 Å². The topological polar surface area (TPSA) is 25.2 Å². The molecule has 0 aromatic carbocycles. The van der Waals surface area contributed by atoms with Crippen LogP contribution in [-0.4, -0.2) is 9.67 Å². The molecule has 1 heterocycles. The van der Waals surface area contributed by atoms with Crippen LogP contribution >= 0.6 is 0 Å². The van der Waals surface area contributed by atoms with Crippen molar-refractivity contribution in [3.63, 3.8) is 0 Å². The maximum atomic E-state index is 9.11. The largest absolute Gasteiger partial charge is 0.390 e. The van der Waals surface area contributed by atoms with E-state index in [1.165, 1.54) is 18.5 Å². The third-order valence-corrected chi connectivity index (χ3v) is 2.42. The van der Waals surface area contributed by atoms with Gasteiger partial charge in [-0.15, -0.1) is 0 Å². The summed E-state index contributed by atoms with van der Waals surface area (Å²) in [6.07, 6.45) is 3.44. The molecule has 1 aromatic rings. The van der Waals surface area contributed by atoms with Gasteiger partial charge in [-0.05, 0) is 25.0 Å². The van der Waals surface area contributed by atoms with Gasteiger partial charge in [-0.1, -0.05) is 20.3 Å². The smallest absolute Gasteiger partial charge is 0.0832 e. The van der Waals surface area contributed by atoms with E-state index < -0.39 is 0 Å². The van der Waals surface area contributed by atoms with Crippen LogP contribution in [-0.2, 0) is 19.6 Å². The Morgan fingerprint density at radius 2 is 1.92 bits per heavy atom. The number of nitrogens with zero attached hydrogens (tertiary/aromatic N) is 1. The lowest BCUT2D eigenvalue weighted by atomic mass is 10.3. The van der Waals surface area contributed by atoms with Crippen molar-refractivity contribution in [1.29, 1.82) is 0 Å². The molecular weight excluding hydrogens is 162 g/mol. The van der Waals surface area contributed by atoms with Crippen molar-refractivity contribution in [2.75, 3.05) is 0 Å². The van der Waals surface area contributed by atoms with Crippen molar-refractivity contribution in [3.8, 4) is 0 Å². The van der Waals surface area contributed by atoms with Gasteiger partial charge in [0.15, 0.2) is 0 Å². The van der Waals surface area contributed by atoms with Crippen molar-refractivity contribution in [1.82, 2.24) is 4.57 Å². The fourth-order valence-corrected chi connectivity index (χ4v) is 1.61. The summed E-state index contributed by atoms with van der Waals surface area (Å²) in [6.45, 7) is 5.54. The number of rotatable bonds is 5. The van der Waals surface area contributed by atoms with Gasteiger partial charge in [0.05, 0.1) is 6.61 Å². The lowest BCUT2D eigenvalue weighted by Crippen LogP contribution is -2.06. The van der Waals surface area contributed by atoms with Gasteiger partial charge in [-0.3, -0.25) is 0 Å². The van der Waals surface area contributed by atoms with Crippen LogP contribution in [0.25, 0.3) is 0 Å². The van der Waals surface area contributed by atoms with E-state index in [0.717, 1.165) is 18.7 Å². The highest BCUT2D eigenvalue weighted by Crippen LogP contribution is 2.11. The predicted octanol–water partition coefficient (Wildman–Crippen LogP) is 2.34. The first kappa shape index (κ1) is 10.3. The van der Waals surface area contributed by atoms with Gasteiger partial charge in [0.25, 0.3) is 0 Å². The number of unbranched alkanes of at least 4 members (excludes halogenated alkanes) is 1. The first-order valence-corrected chi connectivity index (χ1v) is 5.11. The molecule has 1 rings (SSSR count). The Bertz CT molecular complexity index is 231. The maximum absolute atomic E-state index is 9.11. The van der Waals surface area contributed by atoms with Gasteiger partial charge < -0.3 is 9.67 Å². The van der Waals surface area contributed by atoms with E-state index in [4.69, 9.17) is 5.11 Å². The normalized spacial score (nSPS) is 10.7. The summed E-state index contributed by atoms with van der Waals surface area (Å²) in [5, 5.41) is 9.11. The molecule has 0 aliphatic carbocycles. The molecular formula is C11H19NO. The first-order chi connectivity index (χ1) is 6.33. The van der Waals surface area contributed by atoms with Crippen molar-refractivity contribution in [3.05, 3.63) is 23.5 Å². The molecule has 0 unspecified atom stereocenters. The zero-order valence-corrected chi connectivity index (χ0v) is 8.58. The Kier molecular flexibility index (Phi) is 4.03. The van der Waals surface area contributed by atoms with Crippen LogP contribution in [0.2, 0.25) is 0 Å². The van der Waals surface area contributed by atoms with Gasteiger partial charge in [0.1, 0.15) is 0 Å². The highest BCUT2D eigenvalue weighted by molar-refractivity contribution is 5.15. The van der Waals surface area contributed by atoms with Crippen molar-refractivity contribution in [2.24, 2.45) is 0 Å². The van der Waals surface area contributed by atoms with E-state index in [1.54, 1.807) is 0 Å². The van der Waals surface area contributed by atoms with Crippen LogP contribution in [0.15, 0.2) is 12.1 Å². The molecule has 0 fully saturated rings. The van der Waals surface area contributed by atoms with E-state index in [9.17, 15) is 0 Å². The molecule has 0 saturated carbocycles. The van der Waals surface area contributed by atoms with Crippen LogP contribution in [0.1, 0.15) is 38.1 Å². The summed E-state index contributed by atoms with van der Waals surface area (Å²) < 4.78 is 2.24. The highest BCUT2D eigenvalue weighted by atomic mass is 16.3. The van der Waals surface area contributed by atoms with Crippen LogP contribution in [0, 0.1) is 0 Å². The number of hydrogen-bond acceptors (Lipinski definition) is 1. The Morgan fingerprint density at radius 3 is 2.46 bits per heavy atom. The Hall–Kier alpha value is -0.760. The van der Waals surface area contributed by atoms with Gasteiger partial charge in [-0.2, -0.15) is 0 Å². The summed E-state index contributed by atoms with van der Waals surface area (Å²) in [5.74, 6) is 0. The molecule has 0 bridgehead atoms. The van der Waals surface area contributed by atoms with E-state index in [1.807, 2.05) is 6.07 Å². The van der Waals surface area contributed by atoms with E-state index >= 15 is 0 Å². The zero-order chi connectivity index (χ0) is 9.68. The molecule has 1 aromatic heterocycles. The molecule has 0 atom stereocenters. The number of aryl methyl sites for hydroxylation is 1. The Morgan fingerprint density at radius 1 is 1.23 bits per heavy atom. The van der Waals surface area contributed by atoms with Gasteiger partial charge >= 0.3 is 0 Å². The number of aliphatic hydroxyl groups is 1. The van der Waals surface area contributed by atoms with Crippen molar-refractivity contribution in [2.45, 2.75) is 46.3 Å². The van der Waals surface area contributed by atoms with Crippen LogP contribution < -0.4 is 0 Å². The molecule has 2 heteroatoms. The molecule has 0 aliphatic heterocycles. The number of aromatic nitrogens is 1. The number of aliphatic hydroxyl groups excluding tert-OH is 1. The first-order valence-electron chi connectivity index (χ1n) is 5.11. The van der Waals surface area contributed by atoms with Crippen LogP contribution in [0.5, 0.6) is 0 Å². The molecule has 1 N–H and O–H groups in total. The molecule has 0 amide bonds. The van der Waals surface area contributed by atoms with Gasteiger partial charge in [-0.25, -0.2) is 0 Å². The molecule has 2 nitrogen and oxygen atoms in total. The minimum atomic E-state index is 0.156. The second-order valence-corrected chi connectivity index (χ2v) is 3.33. The monoisotopic (exact) mass is 181 g/mol. The summed E-state index contributed by atoms with van der Waals surface area (Å²) in [4.78, 5) is 0. The summed E-state index contributed by atoms with van der Waals surface area (Å²) in [7, 11) is 0. The van der Waals surface area contributed by atoms with Gasteiger partial charge in [0.2, 0.25) is 0 Å². The zero-order valence-electron chi connectivity index (χ0n) is 8.58. The SMILES string of the molecule is CCCCn1c(CC)ccc1CO. The maximum Gasteiger partial charge on any atom is 0.0832 e. The lowest BCUT2D eigenvalue weighted by Gasteiger charge is -2.10. The molecule has 74 valence electrons. The standard InChI is InChI=1S/C11H19NO/c1-3-5-8-12-10(4-2)6-7-11(12)9-13/h6-7,13H,3-5,8-9H2,1-2H3. The predicted molar refractivity (Wildman–Crippen MR) is 54.6 cm³/mol. The fourth-order valence-electron chi connectivity index (χ4n) is 1.61. The van der Waals surface area contributed by atoms with E-state index in [2.05, 4.69) is 24.5 Å². The summed E-state index contributed by atoms with van der Waals surface area (Å²) >= 11 is 0. The lowest BCUT2D eigenvalue weighted by molar-refractivity contribution is 0.269.